The van der Waals surface area contributed by atoms with E-state index in [1.165, 1.54) is 18.4 Å². The number of ether oxygens (including phenoxy) is 1. The molecule has 1 aromatic rings. The number of fused-ring (bicyclic) bond motifs is 1. The van der Waals surface area contributed by atoms with E-state index in [0.717, 1.165) is 38.1 Å². The fourth-order valence-corrected chi connectivity index (χ4v) is 3.26. The minimum absolute atomic E-state index is 0.0764. The number of rotatable bonds is 4. The van der Waals surface area contributed by atoms with Gasteiger partial charge in [-0.2, -0.15) is 0 Å². The molecule has 19 heavy (non-hydrogen) atoms. The number of aliphatic hydroxyl groups is 1. The van der Waals surface area contributed by atoms with E-state index in [1.54, 1.807) is 0 Å². The topological polar surface area (TPSA) is 41.5 Å². The SMILES string of the molecule is OC1CCCC(CNCC2Cc3ccccc3O2)C1. The van der Waals surface area contributed by atoms with Crippen LogP contribution >= 0.6 is 0 Å². The Labute approximate surface area is 115 Å². The zero-order valence-electron chi connectivity index (χ0n) is 11.3. The van der Waals surface area contributed by atoms with Crippen LogP contribution in [0.5, 0.6) is 5.75 Å². The van der Waals surface area contributed by atoms with Gasteiger partial charge in [-0.05, 0) is 43.4 Å². The Hall–Kier alpha value is -1.06. The normalized spacial score (nSPS) is 29.8. The van der Waals surface area contributed by atoms with Crippen molar-refractivity contribution < 1.29 is 9.84 Å². The standard InChI is InChI=1S/C16H23NO2/c18-14-6-3-4-12(8-14)10-17-11-15-9-13-5-1-2-7-16(13)19-15/h1-2,5,7,12,14-15,17-18H,3-4,6,8-11H2. The first-order chi connectivity index (χ1) is 9.31. The second kappa shape index (κ2) is 5.93. The number of hydrogen-bond acceptors (Lipinski definition) is 3. The highest BCUT2D eigenvalue weighted by molar-refractivity contribution is 5.37. The molecule has 1 aliphatic heterocycles. The van der Waals surface area contributed by atoms with Crippen molar-refractivity contribution in [3.63, 3.8) is 0 Å². The van der Waals surface area contributed by atoms with Gasteiger partial charge in [-0.15, -0.1) is 0 Å². The van der Waals surface area contributed by atoms with Crippen LogP contribution in [0.15, 0.2) is 24.3 Å². The van der Waals surface area contributed by atoms with Crippen LogP contribution in [0.1, 0.15) is 31.2 Å². The van der Waals surface area contributed by atoms with Gasteiger partial charge < -0.3 is 15.2 Å². The zero-order chi connectivity index (χ0) is 13.1. The molecule has 3 nitrogen and oxygen atoms in total. The largest absolute Gasteiger partial charge is 0.488 e. The van der Waals surface area contributed by atoms with Crippen LogP contribution in [0.25, 0.3) is 0 Å². The third-order valence-electron chi connectivity index (χ3n) is 4.27. The summed E-state index contributed by atoms with van der Waals surface area (Å²) >= 11 is 0. The molecule has 2 N–H and O–H groups in total. The summed E-state index contributed by atoms with van der Waals surface area (Å²) in [5.41, 5.74) is 1.32. The Morgan fingerprint density at radius 3 is 2.95 bits per heavy atom. The van der Waals surface area contributed by atoms with Crippen molar-refractivity contribution in [2.75, 3.05) is 13.1 Å². The predicted octanol–water partition coefficient (Wildman–Crippen LogP) is 2.13. The number of nitrogens with one attached hydrogen (secondary N) is 1. The molecule has 0 aromatic heterocycles. The van der Waals surface area contributed by atoms with Crippen molar-refractivity contribution >= 4 is 0 Å². The Morgan fingerprint density at radius 2 is 2.11 bits per heavy atom. The molecular weight excluding hydrogens is 238 g/mol. The quantitative estimate of drug-likeness (QED) is 0.872. The summed E-state index contributed by atoms with van der Waals surface area (Å²) in [5, 5.41) is 13.2. The summed E-state index contributed by atoms with van der Waals surface area (Å²) < 4.78 is 5.91. The van der Waals surface area contributed by atoms with Gasteiger partial charge in [0.25, 0.3) is 0 Å². The minimum atomic E-state index is -0.0764. The lowest BCUT2D eigenvalue weighted by Gasteiger charge is -2.26. The van der Waals surface area contributed by atoms with Gasteiger partial charge in [0.05, 0.1) is 6.10 Å². The molecule has 0 amide bonds. The van der Waals surface area contributed by atoms with Gasteiger partial charge in [0, 0.05) is 13.0 Å². The second-order valence-electron chi connectivity index (χ2n) is 5.90. The van der Waals surface area contributed by atoms with Crippen LogP contribution in [0.2, 0.25) is 0 Å². The summed E-state index contributed by atoms with van der Waals surface area (Å²) in [6.07, 6.45) is 5.56. The van der Waals surface area contributed by atoms with Crippen LogP contribution < -0.4 is 10.1 Å². The average Bonchev–Trinajstić information content (AvgIpc) is 2.81. The first kappa shape index (κ1) is 12.9. The molecule has 0 saturated heterocycles. The summed E-state index contributed by atoms with van der Waals surface area (Å²) in [4.78, 5) is 0. The molecule has 1 heterocycles. The van der Waals surface area contributed by atoms with Crippen LogP contribution in [0.4, 0.5) is 0 Å². The van der Waals surface area contributed by atoms with E-state index in [4.69, 9.17) is 4.74 Å². The Balaban J connectivity index is 1.40. The predicted molar refractivity (Wildman–Crippen MR) is 75.4 cm³/mol. The smallest absolute Gasteiger partial charge is 0.123 e. The number of benzene rings is 1. The van der Waals surface area contributed by atoms with Gasteiger partial charge >= 0.3 is 0 Å². The van der Waals surface area contributed by atoms with Gasteiger partial charge in [0.2, 0.25) is 0 Å². The van der Waals surface area contributed by atoms with Gasteiger partial charge in [0.1, 0.15) is 11.9 Å². The summed E-state index contributed by atoms with van der Waals surface area (Å²) in [7, 11) is 0. The van der Waals surface area contributed by atoms with Gasteiger partial charge in [-0.1, -0.05) is 24.6 Å². The lowest BCUT2D eigenvalue weighted by molar-refractivity contribution is 0.0995. The van der Waals surface area contributed by atoms with Crippen molar-refractivity contribution in [2.24, 2.45) is 5.92 Å². The van der Waals surface area contributed by atoms with Crippen LogP contribution in [0.3, 0.4) is 0 Å². The van der Waals surface area contributed by atoms with Crippen molar-refractivity contribution in [3.05, 3.63) is 29.8 Å². The average molecular weight is 261 g/mol. The lowest BCUT2D eigenvalue weighted by Crippen LogP contribution is -2.35. The molecule has 1 aromatic carbocycles. The molecule has 3 heteroatoms. The van der Waals surface area contributed by atoms with Crippen molar-refractivity contribution in [1.82, 2.24) is 5.32 Å². The van der Waals surface area contributed by atoms with Gasteiger partial charge in [-0.3, -0.25) is 0 Å². The molecular formula is C16H23NO2. The van der Waals surface area contributed by atoms with E-state index >= 15 is 0 Å². The van der Waals surface area contributed by atoms with Crippen molar-refractivity contribution in [3.8, 4) is 5.75 Å². The molecule has 0 radical (unpaired) electrons. The van der Waals surface area contributed by atoms with E-state index in [-0.39, 0.29) is 12.2 Å². The van der Waals surface area contributed by atoms with E-state index in [2.05, 4.69) is 17.4 Å². The first-order valence-electron chi connectivity index (χ1n) is 7.44. The van der Waals surface area contributed by atoms with E-state index in [0.29, 0.717) is 5.92 Å². The fourth-order valence-electron chi connectivity index (χ4n) is 3.26. The lowest BCUT2D eigenvalue weighted by atomic mass is 9.87. The van der Waals surface area contributed by atoms with Crippen molar-refractivity contribution in [1.29, 1.82) is 0 Å². The van der Waals surface area contributed by atoms with Crippen LogP contribution in [-0.4, -0.2) is 30.4 Å². The maximum Gasteiger partial charge on any atom is 0.123 e. The maximum atomic E-state index is 9.66. The van der Waals surface area contributed by atoms with Gasteiger partial charge in [0.15, 0.2) is 0 Å². The Kier molecular flexibility index (Phi) is 4.04. The molecule has 104 valence electrons. The summed E-state index contributed by atoms with van der Waals surface area (Å²) in [6, 6.07) is 8.29. The Morgan fingerprint density at radius 1 is 1.21 bits per heavy atom. The molecule has 3 atom stereocenters. The molecule has 3 rings (SSSR count). The molecule has 0 bridgehead atoms. The monoisotopic (exact) mass is 261 g/mol. The molecule has 3 unspecified atom stereocenters. The van der Waals surface area contributed by atoms with Gasteiger partial charge in [-0.25, -0.2) is 0 Å². The maximum absolute atomic E-state index is 9.66. The third-order valence-corrected chi connectivity index (χ3v) is 4.27. The minimum Gasteiger partial charge on any atom is -0.488 e. The van der Waals surface area contributed by atoms with E-state index in [9.17, 15) is 5.11 Å². The molecule has 0 spiro atoms. The number of aliphatic hydroxyl groups excluding tert-OH is 1. The number of para-hydroxylation sites is 1. The molecule has 1 saturated carbocycles. The van der Waals surface area contributed by atoms with Crippen molar-refractivity contribution in [2.45, 2.75) is 44.3 Å². The van der Waals surface area contributed by atoms with Crippen LogP contribution in [-0.2, 0) is 6.42 Å². The molecule has 1 fully saturated rings. The van der Waals surface area contributed by atoms with E-state index < -0.39 is 0 Å². The zero-order valence-corrected chi connectivity index (χ0v) is 11.3. The first-order valence-corrected chi connectivity index (χ1v) is 7.44. The summed E-state index contributed by atoms with van der Waals surface area (Å²) in [5.74, 6) is 1.68. The van der Waals surface area contributed by atoms with Crippen LogP contribution in [0, 0.1) is 5.92 Å². The highest BCUT2D eigenvalue weighted by Crippen LogP contribution is 2.28. The second-order valence-corrected chi connectivity index (χ2v) is 5.90. The third kappa shape index (κ3) is 3.28. The molecule has 2 aliphatic rings. The highest BCUT2D eigenvalue weighted by atomic mass is 16.5. The highest BCUT2D eigenvalue weighted by Gasteiger charge is 2.23. The number of hydrogen-bond donors (Lipinski definition) is 2. The fraction of sp³-hybridized carbons (Fsp3) is 0.625. The Bertz CT molecular complexity index is 396. The molecule has 1 aliphatic carbocycles. The van der Waals surface area contributed by atoms with E-state index in [1.807, 2.05) is 12.1 Å². The summed E-state index contributed by atoms with van der Waals surface area (Å²) in [6.45, 7) is 1.91.